The van der Waals surface area contributed by atoms with Gasteiger partial charge in [-0.1, -0.05) is 29.8 Å². The number of halogens is 1. The molecule has 124 valence electrons. The van der Waals surface area contributed by atoms with E-state index in [1.54, 1.807) is 11.9 Å². The summed E-state index contributed by atoms with van der Waals surface area (Å²) in [5.41, 5.74) is 2.34. The van der Waals surface area contributed by atoms with Crippen LogP contribution >= 0.6 is 12.4 Å². The number of likely N-dealkylation sites (N-methyl/N-ethyl adjacent to an activating group) is 2. The highest BCUT2D eigenvalue weighted by Crippen LogP contribution is 2.05. The van der Waals surface area contributed by atoms with E-state index in [-0.39, 0.29) is 30.8 Å². The first-order valence-corrected chi connectivity index (χ1v) is 7.23. The predicted molar refractivity (Wildman–Crippen MR) is 91.3 cm³/mol. The second-order valence-corrected chi connectivity index (χ2v) is 5.18. The van der Waals surface area contributed by atoms with Crippen molar-refractivity contribution in [3.05, 3.63) is 35.4 Å². The van der Waals surface area contributed by atoms with Crippen LogP contribution < -0.4 is 10.6 Å². The molecule has 22 heavy (non-hydrogen) atoms. The molecule has 0 bridgehead atoms. The highest BCUT2D eigenvalue weighted by molar-refractivity contribution is 5.85. The summed E-state index contributed by atoms with van der Waals surface area (Å²) in [4.78, 5) is 25.1. The summed E-state index contributed by atoms with van der Waals surface area (Å²) in [5, 5.41) is 5.65. The van der Waals surface area contributed by atoms with Crippen LogP contribution in [-0.4, -0.2) is 50.4 Å². The number of hydrogen-bond acceptors (Lipinski definition) is 3. The number of aryl methyl sites for hydroxylation is 2. The molecule has 1 rings (SSSR count). The molecule has 0 heterocycles. The summed E-state index contributed by atoms with van der Waals surface area (Å²) in [6, 6.07) is 8.12. The molecule has 1 aromatic rings. The third kappa shape index (κ3) is 8.00. The van der Waals surface area contributed by atoms with Gasteiger partial charge in [-0.05, 0) is 26.0 Å². The van der Waals surface area contributed by atoms with Crippen molar-refractivity contribution in [3.8, 4) is 0 Å². The number of nitrogens with zero attached hydrogens (tertiary/aromatic N) is 1. The van der Waals surface area contributed by atoms with Gasteiger partial charge in [0.05, 0.1) is 6.54 Å². The van der Waals surface area contributed by atoms with Gasteiger partial charge in [0, 0.05) is 26.6 Å². The lowest BCUT2D eigenvalue weighted by Crippen LogP contribution is -2.40. The highest BCUT2D eigenvalue weighted by Gasteiger charge is 2.09. The van der Waals surface area contributed by atoms with Crippen LogP contribution in [0.5, 0.6) is 0 Å². The van der Waals surface area contributed by atoms with Gasteiger partial charge in [-0.2, -0.15) is 0 Å². The van der Waals surface area contributed by atoms with Crippen LogP contribution in [0.2, 0.25) is 0 Å². The Hall–Kier alpha value is -1.59. The predicted octanol–water partition coefficient (Wildman–Crippen LogP) is 1.14. The maximum absolute atomic E-state index is 11.7. The summed E-state index contributed by atoms with van der Waals surface area (Å²) >= 11 is 0. The number of carbonyl (C=O) groups excluding carboxylic acids is 2. The van der Waals surface area contributed by atoms with E-state index in [1.807, 2.05) is 38.2 Å². The summed E-state index contributed by atoms with van der Waals surface area (Å²) < 4.78 is 0. The smallest absolute Gasteiger partial charge is 0.241 e. The SMILES string of the molecule is CNCCN(C)C(=O)CNC(=O)CCc1ccc(C)cc1.Cl. The average molecular weight is 328 g/mol. The molecule has 0 aliphatic carbocycles. The minimum atomic E-state index is -0.0917. The number of benzene rings is 1. The third-order valence-corrected chi connectivity index (χ3v) is 3.32. The molecule has 5 nitrogen and oxygen atoms in total. The van der Waals surface area contributed by atoms with E-state index in [9.17, 15) is 9.59 Å². The van der Waals surface area contributed by atoms with Crippen LogP contribution in [0.4, 0.5) is 0 Å². The molecular weight excluding hydrogens is 302 g/mol. The maximum atomic E-state index is 11.7. The van der Waals surface area contributed by atoms with Crippen molar-refractivity contribution >= 4 is 24.2 Å². The molecular formula is C16H26ClN3O2. The van der Waals surface area contributed by atoms with Crippen LogP contribution in [0.1, 0.15) is 17.5 Å². The van der Waals surface area contributed by atoms with Gasteiger partial charge in [0.2, 0.25) is 11.8 Å². The molecule has 0 unspecified atom stereocenters. The zero-order chi connectivity index (χ0) is 15.7. The van der Waals surface area contributed by atoms with Crippen molar-refractivity contribution in [1.29, 1.82) is 0 Å². The standard InChI is InChI=1S/C16H25N3O2.ClH/c1-13-4-6-14(7-5-13)8-9-15(20)18-12-16(21)19(3)11-10-17-2;/h4-7,17H,8-12H2,1-3H3,(H,18,20);1H. The van der Waals surface area contributed by atoms with Gasteiger partial charge >= 0.3 is 0 Å². The average Bonchev–Trinajstić information content (AvgIpc) is 2.49. The second kappa shape index (κ2) is 11.0. The van der Waals surface area contributed by atoms with Gasteiger partial charge in [0.15, 0.2) is 0 Å². The van der Waals surface area contributed by atoms with Crippen molar-refractivity contribution in [3.63, 3.8) is 0 Å². The molecule has 0 fully saturated rings. The number of carbonyl (C=O) groups is 2. The fraction of sp³-hybridized carbons (Fsp3) is 0.500. The van der Waals surface area contributed by atoms with Crippen LogP contribution in [0.25, 0.3) is 0 Å². The van der Waals surface area contributed by atoms with Crippen LogP contribution in [0, 0.1) is 6.92 Å². The molecule has 0 spiro atoms. The Balaban J connectivity index is 0.00000441. The van der Waals surface area contributed by atoms with Crippen molar-refractivity contribution in [1.82, 2.24) is 15.5 Å². The molecule has 2 amide bonds. The fourth-order valence-electron chi connectivity index (χ4n) is 1.81. The van der Waals surface area contributed by atoms with Gasteiger partial charge in [-0.3, -0.25) is 9.59 Å². The molecule has 6 heteroatoms. The molecule has 0 atom stereocenters. The Labute approximate surface area is 138 Å². The number of amides is 2. The number of rotatable bonds is 8. The van der Waals surface area contributed by atoms with Gasteiger partial charge in [0.25, 0.3) is 0 Å². The molecule has 0 saturated carbocycles. The van der Waals surface area contributed by atoms with Crippen molar-refractivity contribution in [2.24, 2.45) is 0 Å². The minimum Gasteiger partial charge on any atom is -0.347 e. The Morgan fingerprint density at radius 3 is 2.41 bits per heavy atom. The van der Waals surface area contributed by atoms with Gasteiger partial charge in [-0.25, -0.2) is 0 Å². The van der Waals surface area contributed by atoms with E-state index in [2.05, 4.69) is 10.6 Å². The zero-order valence-corrected chi connectivity index (χ0v) is 14.3. The molecule has 0 aliphatic heterocycles. The summed E-state index contributed by atoms with van der Waals surface area (Å²) in [6.45, 7) is 3.47. The van der Waals surface area contributed by atoms with Gasteiger partial charge in [-0.15, -0.1) is 12.4 Å². The highest BCUT2D eigenvalue weighted by atomic mass is 35.5. The molecule has 2 N–H and O–H groups in total. The lowest BCUT2D eigenvalue weighted by atomic mass is 10.1. The summed E-state index contributed by atoms with van der Waals surface area (Å²) in [7, 11) is 3.57. The van der Waals surface area contributed by atoms with E-state index >= 15 is 0 Å². The Morgan fingerprint density at radius 1 is 1.18 bits per heavy atom. The van der Waals surface area contributed by atoms with Crippen molar-refractivity contribution in [2.45, 2.75) is 19.8 Å². The monoisotopic (exact) mass is 327 g/mol. The first-order chi connectivity index (χ1) is 10.0. The van der Waals surface area contributed by atoms with E-state index in [0.29, 0.717) is 19.4 Å². The van der Waals surface area contributed by atoms with Gasteiger partial charge < -0.3 is 15.5 Å². The topological polar surface area (TPSA) is 61.4 Å². The minimum absolute atomic E-state index is 0. The lowest BCUT2D eigenvalue weighted by molar-refractivity contribution is -0.131. The first kappa shape index (κ1) is 20.4. The van der Waals surface area contributed by atoms with E-state index in [4.69, 9.17) is 0 Å². The Bertz CT molecular complexity index is 463. The fourth-order valence-corrected chi connectivity index (χ4v) is 1.81. The van der Waals surface area contributed by atoms with E-state index < -0.39 is 0 Å². The number of nitrogens with one attached hydrogen (secondary N) is 2. The maximum Gasteiger partial charge on any atom is 0.241 e. The largest absolute Gasteiger partial charge is 0.347 e. The van der Waals surface area contributed by atoms with Crippen LogP contribution in [0.15, 0.2) is 24.3 Å². The normalized spacial score (nSPS) is 9.77. The Morgan fingerprint density at radius 2 is 1.82 bits per heavy atom. The summed E-state index contributed by atoms with van der Waals surface area (Å²) in [6.07, 6.45) is 1.09. The van der Waals surface area contributed by atoms with Crippen LogP contribution in [-0.2, 0) is 16.0 Å². The third-order valence-electron chi connectivity index (χ3n) is 3.32. The first-order valence-electron chi connectivity index (χ1n) is 7.23. The van der Waals surface area contributed by atoms with E-state index in [0.717, 1.165) is 12.1 Å². The van der Waals surface area contributed by atoms with Crippen molar-refractivity contribution < 1.29 is 9.59 Å². The summed E-state index contributed by atoms with van der Waals surface area (Å²) in [5.74, 6) is -0.167. The second-order valence-electron chi connectivity index (χ2n) is 5.18. The van der Waals surface area contributed by atoms with Crippen LogP contribution in [0.3, 0.4) is 0 Å². The zero-order valence-electron chi connectivity index (χ0n) is 13.5. The van der Waals surface area contributed by atoms with E-state index in [1.165, 1.54) is 5.56 Å². The molecule has 0 saturated heterocycles. The molecule has 1 aromatic carbocycles. The quantitative estimate of drug-likeness (QED) is 0.753. The molecule has 0 aliphatic rings. The van der Waals surface area contributed by atoms with Crippen molar-refractivity contribution in [2.75, 3.05) is 33.7 Å². The molecule has 0 radical (unpaired) electrons. The molecule has 0 aromatic heterocycles. The Kier molecular flexibility index (Phi) is 10.2. The lowest BCUT2D eigenvalue weighted by Gasteiger charge is -2.17. The van der Waals surface area contributed by atoms with Gasteiger partial charge in [0.1, 0.15) is 0 Å². The number of hydrogen-bond donors (Lipinski definition) is 2.